The first-order valence-electron chi connectivity index (χ1n) is 5.88. The van der Waals surface area contributed by atoms with E-state index in [4.69, 9.17) is 27.9 Å². The first kappa shape index (κ1) is 15.8. The van der Waals surface area contributed by atoms with Crippen LogP contribution in [0.4, 0.5) is 0 Å². The highest BCUT2D eigenvalue weighted by Gasteiger charge is 2.22. The lowest BCUT2D eigenvalue weighted by Gasteiger charge is -2.16. The van der Waals surface area contributed by atoms with Gasteiger partial charge >= 0.3 is 0 Å². The number of benzene rings is 1. The molecule has 7 heteroatoms. The van der Waals surface area contributed by atoms with Crippen LogP contribution >= 0.6 is 39.1 Å². The van der Waals surface area contributed by atoms with E-state index in [1.54, 1.807) is 36.2 Å². The molecule has 1 aromatic heterocycles. The number of aromatic nitrogens is 2. The van der Waals surface area contributed by atoms with Crippen molar-refractivity contribution in [2.24, 2.45) is 0 Å². The number of aliphatic hydroxyl groups excluding tert-OH is 1. The molecular weight excluding hydrogens is 367 g/mol. The zero-order valence-corrected chi connectivity index (χ0v) is 13.8. The topological polar surface area (TPSA) is 47.3 Å². The molecule has 1 heterocycles. The van der Waals surface area contributed by atoms with Gasteiger partial charge in [-0.05, 0) is 22.0 Å². The van der Waals surface area contributed by atoms with Crippen LogP contribution in [0.25, 0.3) is 0 Å². The molecule has 0 saturated heterocycles. The second-order valence-electron chi connectivity index (χ2n) is 4.14. The summed E-state index contributed by atoms with van der Waals surface area (Å²) < 4.78 is 7.42. The number of rotatable bonds is 5. The fourth-order valence-corrected chi connectivity index (χ4v) is 2.80. The highest BCUT2D eigenvalue weighted by atomic mass is 79.9. The van der Waals surface area contributed by atoms with E-state index in [1.165, 1.54) is 0 Å². The summed E-state index contributed by atoms with van der Waals surface area (Å²) in [5, 5.41) is 15.5. The Kier molecular flexibility index (Phi) is 5.46. The van der Waals surface area contributed by atoms with Crippen LogP contribution in [0.15, 0.2) is 28.9 Å². The standard InChI is InChI=1S/C13H13BrCl2N2O2/c1-20-6-5-18-12(9(14)7-17-18)13(19)8-3-2-4-10(15)11(8)16/h2-4,7,13,19H,5-6H2,1H3. The smallest absolute Gasteiger partial charge is 0.123 e. The number of hydrogen-bond acceptors (Lipinski definition) is 3. The van der Waals surface area contributed by atoms with E-state index in [2.05, 4.69) is 21.0 Å². The molecule has 0 saturated carbocycles. The van der Waals surface area contributed by atoms with Gasteiger partial charge in [0.15, 0.2) is 0 Å². The third-order valence-corrected chi connectivity index (χ3v) is 4.32. The van der Waals surface area contributed by atoms with E-state index < -0.39 is 6.10 Å². The molecule has 1 N–H and O–H groups in total. The summed E-state index contributed by atoms with van der Waals surface area (Å²) in [6.07, 6.45) is 0.710. The van der Waals surface area contributed by atoms with Gasteiger partial charge in [-0.1, -0.05) is 35.3 Å². The molecule has 1 aromatic carbocycles. The Labute approximate surface area is 135 Å². The number of halogens is 3. The maximum absolute atomic E-state index is 10.6. The predicted octanol–water partition coefficient (Wildman–Crippen LogP) is 3.68. The lowest BCUT2D eigenvalue weighted by molar-refractivity contribution is 0.171. The normalized spacial score (nSPS) is 12.7. The van der Waals surface area contributed by atoms with Crippen LogP contribution in [-0.4, -0.2) is 28.6 Å². The summed E-state index contributed by atoms with van der Waals surface area (Å²) >= 11 is 15.5. The van der Waals surface area contributed by atoms with Crippen LogP contribution in [0.2, 0.25) is 10.0 Å². The van der Waals surface area contributed by atoms with E-state index in [1.807, 2.05) is 0 Å². The maximum atomic E-state index is 10.6. The second-order valence-corrected chi connectivity index (χ2v) is 5.78. The Morgan fingerprint density at radius 1 is 1.45 bits per heavy atom. The molecule has 0 amide bonds. The molecule has 0 fully saturated rings. The summed E-state index contributed by atoms with van der Waals surface area (Å²) in [5.74, 6) is 0. The van der Waals surface area contributed by atoms with Gasteiger partial charge in [-0.25, -0.2) is 0 Å². The SMILES string of the molecule is COCCn1ncc(Br)c1C(O)c1cccc(Cl)c1Cl. The highest BCUT2D eigenvalue weighted by Crippen LogP contribution is 2.35. The summed E-state index contributed by atoms with van der Waals surface area (Å²) in [6, 6.07) is 5.16. The van der Waals surface area contributed by atoms with Crippen molar-refractivity contribution in [1.82, 2.24) is 9.78 Å². The number of hydrogen-bond donors (Lipinski definition) is 1. The molecule has 0 bridgehead atoms. The molecule has 0 radical (unpaired) electrons. The Morgan fingerprint density at radius 3 is 2.90 bits per heavy atom. The van der Waals surface area contributed by atoms with Crippen LogP contribution in [0, 0.1) is 0 Å². The molecule has 2 aromatic rings. The van der Waals surface area contributed by atoms with Crippen LogP contribution in [0.1, 0.15) is 17.4 Å². The van der Waals surface area contributed by atoms with Gasteiger partial charge in [0.2, 0.25) is 0 Å². The first-order chi connectivity index (χ1) is 9.56. The zero-order chi connectivity index (χ0) is 14.7. The van der Waals surface area contributed by atoms with Gasteiger partial charge in [0.25, 0.3) is 0 Å². The molecule has 20 heavy (non-hydrogen) atoms. The van der Waals surface area contributed by atoms with E-state index >= 15 is 0 Å². The molecule has 1 unspecified atom stereocenters. The van der Waals surface area contributed by atoms with Gasteiger partial charge in [0.05, 0.1) is 39.6 Å². The third-order valence-electron chi connectivity index (χ3n) is 2.88. The number of nitrogens with zero attached hydrogens (tertiary/aromatic N) is 2. The minimum absolute atomic E-state index is 0.341. The summed E-state index contributed by atoms with van der Waals surface area (Å²) in [4.78, 5) is 0. The largest absolute Gasteiger partial charge is 0.383 e. The second kappa shape index (κ2) is 6.91. The third kappa shape index (κ3) is 3.18. The van der Waals surface area contributed by atoms with E-state index in [-0.39, 0.29) is 0 Å². The van der Waals surface area contributed by atoms with Crippen LogP contribution in [-0.2, 0) is 11.3 Å². The summed E-state index contributed by atoms with van der Waals surface area (Å²) in [6.45, 7) is 1.03. The van der Waals surface area contributed by atoms with Crippen molar-refractivity contribution in [3.63, 3.8) is 0 Å². The molecule has 1 atom stereocenters. The number of aliphatic hydroxyl groups is 1. The Balaban J connectivity index is 2.40. The quantitative estimate of drug-likeness (QED) is 0.861. The minimum Gasteiger partial charge on any atom is -0.383 e. The van der Waals surface area contributed by atoms with Gasteiger partial charge in [0, 0.05) is 12.7 Å². The molecule has 108 valence electrons. The fourth-order valence-electron chi connectivity index (χ4n) is 1.88. The molecular formula is C13H13BrCl2N2O2. The van der Waals surface area contributed by atoms with Crippen molar-refractivity contribution in [2.45, 2.75) is 12.6 Å². The predicted molar refractivity (Wildman–Crippen MR) is 82.3 cm³/mol. The summed E-state index contributed by atoms with van der Waals surface area (Å²) in [5.41, 5.74) is 1.16. The molecule has 4 nitrogen and oxygen atoms in total. The lowest BCUT2D eigenvalue weighted by Crippen LogP contribution is -2.14. The molecule has 0 spiro atoms. The Hall–Kier alpha value is -0.590. The van der Waals surface area contributed by atoms with Gasteiger partial charge in [-0.15, -0.1) is 0 Å². The van der Waals surface area contributed by atoms with E-state index in [0.717, 1.165) is 0 Å². The van der Waals surface area contributed by atoms with Gasteiger partial charge in [-0.3, -0.25) is 4.68 Å². The Bertz CT molecular complexity index is 604. The van der Waals surface area contributed by atoms with Crippen molar-refractivity contribution >= 4 is 39.1 Å². The number of ether oxygens (including phenoxy) is 1. The van der Waals surface area contributed by atoms with Crippen molar-refractivity contribution in [2.75, 3.05) is 13.7 Å². The minimum atomic E-state index is -0.921. The highest BCUT2D eigenvalue weighted by molar-refractivity contribution is 9.10. The van der Waals surface area contributed by atoms with Crippen molar-refractivity contribution < 1.29 is 9.84 Å². The van der Waals surface area contributed by atoms with Crippen LogP contribution < -0.4 is 0 Å². The van der Waals surface area contributed by atoms with Crippen LogP contribution in [0.3, 0.4) is 0 Å². The van der Waals surface area contributed by atoms with Crippen molar-refractivity contribution in [3.05, 3.63) is 50.2 Å². The molecule has 2 rings (SSSR count). The molecule has 0 aliphatic rings. The molecule has 0 aliphatic carbocycles. The van der Waals surface area contributed by atoms with Crippen molar-refractivity contribution in [1.29, 1.82) is 0 Å². The fraction of sp³-hybridized carbons (Fsp3) is 0.308. The van der Waals surface area contributed by atoms with Gasteiger partial charge in [-0.2, -0.15) is 5.10 Å². The average Bonchev–Trinajstić information content (AvgIpc) is 2.80. The monoisotopic (exact) mass is 378 g/mol. The zero-order valence-electron chi connectivity index (χ0n) is 10.7. The summed E-state index contributed by atoms with van der Waals surface area (Å²) in [7, 11) is 1.61. The van der Waals surface area contributed by atoms with E-state index in [9.17, 15) is 5.11 Å². The van der Waals surface area contributed by atoms with Gasteiger partial charge < -0.3 is 9.84 Å². The number of methoxy groups -OCH3 is 1. The maximum Gasteiger partial charge on any atom is 0.123 e. The lowest BCUT2D eigenvalue weighted by atomic mass is 10.1. The Morgan fingerprint density at radius 2 is 2.20 bits per heavy atom. The van der Waals surface area contributed by atoms with Crippen LogP contribution in [0.5, 0.6) is 0 Å². The molecule has 0 aliphatic heterocycles. The van der Waals surface area contributed by atoms with Gasteiger partial charge in [0.1, 0.15) is 6.10 Å². The first-order valence-corrected chi connectivity index (χ1v) is 7.43. The van der Waals surface area contributed by atoms with Crippen molar-refractivity contribution in [3.8, 4) is 0 Å². The van der Waals surface area contributed by atoms with E-state index in [0.29, 0.717) is 38.9 Å². The average molecular weight is 380 g/mol.